The molecular weight excluding hydrogens is 312 g/mol. The van der Waals surface area contributed by atoms with Gasteiger partial charge in [0.2, 0.25) is 5.91 Å². The summed E-state index contributed by atoms with van der Waals surface area (Å²) in [5.74, 6) is 0.523. The molecule has 2 aromatic rings. The minimum atomic E-state index is -0.840. The van der Waals surface area contributed by atoms with E-state index in [1.54, 1.807) is 11.8 Å². The molecule has 3 N–H and O–H groups in total. The molecule has 0 aliphatic heterocycles. The Morgan fingerprint density at radius 2 is 2.04 bits per heavy atom. The summed E-state index contributed by atoms with van der Waals surface area (Å²) in [6, 6.07) is 6.81. The van der Waals surface area contributed by atoms with Crippen LogP contribution in [0.5, 0.6) is 0 Å². The number of carbonyl (C=O) groups is 2. The molecule has 0 atom stereocenters. The van der Waals surface area contributed by atoms with Gasteiger partial charge in [-0.15, -0.1) is 0 Å². The van der Waals surface area contributed by atoms with Crippen LogP contribution in [0.25, 0.3) is 11.0 Å². The fourth-order valence-corrected chi connectivity index (χ4v) is 3.34. The Kier molecular flexibility index (Phi) is 6.46. The zero-order valence-electron chi connectivity index (χ0n) is 13.2. The SMILES string of the molecule is CCCCCCSc1nc2ccccc2n1CC(=O)NC(N)=O. The lowest BCUT2D eigenvalue weighted by molar-refractivity contribution is -0.120. The first-order valence-corrected chi connectivity index (χ1v) is 8.77. The molecule has 0 aliphatic rings. The number of nitrogens with zero attached hydrogens (tertiary/aromatic N) is 2. The first-order chi connectivity index (χ1) is 11.1. The molecule has 3 amide bonds. The highest BCUT2D eigenvalue weighted by molar-refractivity contribution is 7.99. The minimum absolute atomic E-state index is 0.0285. The summed E-state index contributed by atoms with van der Waals surface area (Å²) >= 11 is 1.64. The normalized spacial score (nSPS) is 10.8. The molecule has 124 valence electrons. The monoisotopic (exact) mass is 334 g/mol. The van der Waals surface area contributed by atoms with Gasteiger partial charge in [0, 0.05) is 5.75 Å². The first kappa shape index (κ1) is 17.3. The van der Waals surface area contributed by atoms with Crippen molar-refractivity contribution in [3.8, 4) is 0 Å². The summed E-state index contributed by atoms with van der Waals surface area (Å²) in [5, 5.41) is 2.89. The number of nitrogens with one attached hydrogen (secondary N) is 1. The predicted molar refractivity (Wildman–Crippen MR) is 92.3 cm³/mol. The zero-order valence-corrected chi connectivity index (χ0v) is 14.1. The van der Waals surface area contributed by atoms with Crippen LogP contribution in [0, 0.1) is 0 Å². The number of urea groups is 1. The molecule has 0 unspecified atom stereocenters. The topological polar surface area (TPSA) is 90.0 Å². The highest BCUT2D eigenvalue weighted by Gasteiger charge is 2.14. The van der Waals surface area contributed by atoms with E-state index < -0.39 is 11.9 Å². The molecule has 0 bridgehead atoms. The van der Waals surface area contributed by atoms with Crippen LogP contribution in [-0.4, -0.2) is 27.2 Å². The number of primary amides is 1. The van der Waals surface area contributed by atoms with Crippen LogP contribution in [0.4, 0.5) is 4.79 Å². The summed E-state index contributed by atoms with van der Waals surface area (Å²) in [6.07, 6.45) is 4.76. The third kappa shape index (κ3) is 4.99. The van der Waals surface area contributed by atoms with E-state index in [1.165, 1.54) is 19.3 Å². The standard InChI is InChI=1S/C16H22N4O2S/c1-2-3-4-7-10-23-16-18-12-8-5-6-9-13(12)20(16)11-14(21)19-15(17)22/h5-6,8-9H,2-4,7,10-11H2,1H3,(H3,17,19,21,22). The maximum Gasteiger partial charge on any atom is 0.318 e. The van der Waals surface area contributed by atoms with E-state index in [4.69, 9.17) is 5.73 Å². The van der Waals surface area contributed by atoms with Crippen molar-refractivity contribution in [1.82, 2.24) is 14.9 Å². The highest BCUT2D eigenvalue weighted by Crippen LogP contribution is 2.25. The number of nitrogens with two attached hydrogens (primary N) is 1. The molecule has 1 aromatic carbocycles. The number of hydrogen-bond donors (Lipinski definition) is 2. The molecule has 0 fully saturated rings. The molecular formula is C16H22N4O2S. The van der Waals surface area contributed by atoms with Crippen molar-refractivity contribution >= 4 is 34.7 Å². The molecule has 1 aromatic heterocycles. The van der Waals surface area contributed by atoms with Crippen molar-refractivity contribution in [2.45, 2.75) is 44.3 Å². The Balaban J connectivity index is 2.13. The first-order valence-electron chi connectivity index (χ1n) is 7.79. The number of carbonyl (C=O) groups excluding carboxylic acids is 2. The third-order valence-corrected chi connectivity index (χ3v) is 4.48. The Hall–Kier alpha value is -2.02. The molecule has 0 aliphatic carbocycles. The largest absolute Gasteiger partial charge is 0.351 e. The van der Waals surface area contributed by atoms with Gasteiger partial charge in [-0.1, -0.05) is 50.1 Å². The number of unbranched alkanes of at least 4 members (excludes halogenated alkanes) is 3. The van der Waals surface area contributed by atoms with Crippen molar-refractivity contribution in [3.05, 3.63) is 24.3 Å². The van der Waals surface area contributed by atoms with Crippen molar-refractivity contribution in [2.24, 2.45) is 5.73 Å². The third-order valence-electron chi connectivity index (χ3n) is 3.41. The van der Waals surface area contributed by atoms with Gasteiger partial charge in [-0.05, 0) is 18.6 Å². The Labute approximate surface area is 139 Å². The van der Waals surface area contributed by atoms with Gasteiger partial charge in [0.05, 0.1) is 11.0 Å². The van der Waals surface area contributed by atoms with Gasteiger partial charge in [0.15, 0.2) is 5.16 Å². The van der Waals surface area contributed by atoms with Crippen LogP contribution in [0.1, 0.15) is 32.6 Å². The number of benzene rings is 1. The van der Waals surface area contributed by atoms with Gasteiger partial charge in [-0.3, -0.25) is 10.1 Å². The van der Waals surface area contributed by atoms with Gasteiger partial charge in [0.1, 0.15) is 6.54 Å². The predicted octanol–water partition coefficient (Wildman–Crippen LogP) is 2.90. The van der Waals surface area contributed by atoms with Crippen LogP contribution in [0.3, 0.4) is 0 Å². The van der Waals surface area contributed by atoms with E-state index in [-0.39, 0.29) is 6.54 Å². The Bertz CT molecular complexity index is 684. The molecule has 2 rings (SSSR count). The molecule has 23 heavy (non-hydrogen) atoms. The lowest BCUT2D eigenvalue weighted by Crippen LogP contribution is -2.37. The van der Waals surface area contributed by atoms with Crippen molar-refractivity contribution in [2.75, 3.05) is 5.75 Å². The lowest BCUT2D eigenvalue weighted by Gasteiger charge is -2.08. The fraction of sp³-hybridized carbons (Fsp3) is 0.438. The smallest absolute Gasteiger partial charge is 0.318 e. The van der Waals surface area contributed by atoms with Crippen molar-refractivity contribution < 1.29 is 9.59 Å². The second-order valence-electron chi connectivity index (χ2n) is 5.29. The Morgan fingerprint density at radius 1 is 1.26 bits per heavy atom. The van der Waals surface area contributed by atoms with Crippen molar-refractivity contribution in [1.29, 1.82) is 0 Å². The second kappa shape index (κ2) is 8.57. The highest BCUT2D eigenvalue weighted by atomic mass is 32.2. The molecule has 0 saturated heterocycles. The lowest BCUT2D eigenvalue weighted by atomic mass is 10.2. The second-order valence-corrected chi connectivity index (χ2v) is 6.35. The summed E-state index contributed by atoms with van der Waals surface area (Å²) in [5.41, 5.74) is 6.72. The van der Waals surface area contributed by atoms with E-state index in [1.807, 2.05) is 28.8 Å². The Morgan fingerprint density at radius 3 is 2.78 bits per heavy atom. The molecule has 0 spiro atoms. The summed E-state index contributed by atoms with van der Waals surface area (Å²) in [4.78, 5) is 27.3. The van der Waals surface area contributed by atoms with Crippen LogP contribution < -0.4 is 11.1 Å². The number of para-hydroxylation sites is 2. The number of imide groups is 1. The number of hydrogen-bond acceptors (Lipinski definition) is 4. The summed E-state index contributed by atoms with van der Waals surface area (Å²) in [6.45, 7) is 2.21. The quantitative estimate of drug-likeness (QED) is 0.574. The molecule has 6 nitrogen and oxygen atoms in total. The number of aromatic nitrogens is 2. The zero-order chi connectivity index (χ0) is 16.7. The van der Waals surface area contributed by atoms with Gasteiger partial charge >= 0.3 is 6.03 Å². The van der Waals surface area contributed by atoms with E-state index in [0.717, 1.165) is 28.4 Å². The minimum Gasteiger partial charge on any atom is -0.351 e. The fourth-order valence-electron chi connectivity index (χ4n) is 2.33. The molecule has 0 saturated carbocycles. The number of amides is 3. The number of fused-ring (bicyclic) bond motifs is 1. The van der Waals surface area contributed by atoms with Gasteiger partial charge < -0.3 is 10.3 Å². The maximum atomic E-state index is 11.9. The van der Waals surface area contributed by atoms with Crippen LogP contribution >= 0.6 is 11.8 Å². The van der Waals surface area contributed by atoms with E-state index >= 15 is 0 Å². The number of thioether (sulfide) groups is 1. The van der Waals surface area contributed by atoms with Crippen LogP contribution in [0.2, 0.25) is 0 Å². The van der Waals surface area contributed by atoms with Gasteiger partial charge in [-0.2, -0.15) is 0 Å². The maximum absolute atomic E-state index is 11.9. The molecule has 1 heterocycles. The van der Waals surface area contributed by atoms with Crippen LogP contribution in [-0.2, 0) is 11.3 Å². The van der Waals surface area contributed by atoms with Crippen molar-refractivity contribution in [3.63, 3.8) is 0 Å². The summed E-state index contributed by atoms with van der Waals surface area (Å²) in [7, 11) is 0. The number of rotatable bonds is 8. The molecule has 0 radical (unpaired) electrons. The average Bonchev–Trinajstić information content (AvgIpc) is 2.84. The van der Waals surface area contributed by atoms with Gasteiger partial charge in [-0.25, -0.2) is 9.78 Å². The van der Waals surface area contributed by atoms with Crippen LogP contribution in [0.15, 0.2) is 29.4 Å². The van der Waals surface area contributed by atoms with Gasteiger partial charge in [0.25, 0.3) is 0 Å². The van der Waals surface area contributed by atoms with E-state index in [0.29, 0.717) is 0 Å². The molecule has 7 heteroatoms. The van der Waals surface area contributed by atoms with E-state index in [9.17, 15) is 9.59 Å². The van der Waals surface area contributed by atoms with E-state index in [2.05, 4.69) is 17.2 Å². The summed E-state index contributed by atoms with van der Waals surface area (Å²) < 4.78 is 1.83. The average molecular weight is 334 g/mol. The number of imidazole rings is 1.